The maximum atomic E-state index is 11.5. The Morgan fingerprint density at radius 2 is 2.62 bits per heavy atom. The topological polar surface area (TPSA) is 42.0 Å². The first-order valence-electron chi connectivity index (χ1n) is 4.10. The van der Waals surface area contributed by atoms with E-state index < -0.39 is 0 Å². The SMILES string of the molecule is O=C(CBr)C1CNc2ncccc21. The molecular weight excluding hydrogens is 232 g/mol. The molecule has 2 heterocycles. The normalized spacial score (nSPS) is 19.3. The van der Waals surface area contributed by atoms with Crippen molar-refractivity contribution < 1.29 is 4.79 Å². The molecule has 0 spiro atoms. The molecule has 0 fully saturated rings. The maximum Gasteiger partial charge on any atom is 0.152 e. The molecule has 4 heteroatoms. The highest BCUT2D eigenvalue weighted by Gasteiger charge is 2.27. The van der Waals surface area contributed by atoms with Crippen molar-refractivity contribution >= 4 is 27.5 Å². The van der Waals surface area contributed by atoms with Gasteiger partial charge in [-0.3, -0.25) is 4.79 Å². The van der Waals surface area contributed by atoms with E-state index in [1.165, 1.54) is 0 Å². The fourth-order valence-corrected chi connectivity index (χ4v) is 1.93. The van der Waals surface area contributed by atoms with Gasteiger partial charge in [-0.15, -0.1) is 0 Å². The number of hydrogen-bond donors (Lipinski definition) is 1. The van der Waals surface area contributed by atoms with Crippen LogP contribution in [0.5, 0.6) is 0 Å². The van der Waals surface area contributed by atoms with Gasteiger partial charge in [0.05, 0.1) is 11.2 Å². The first-order valence-corrected chi connectivity index (χ1v) is 5.22. The predicted octanol–water partition coefficient (Wildman–Crippen LogP) is 1.55. The van der Waals surface area contributed by atoms with E-state index in [1.54, 1.807) is 6.20 Å². The highest BCUT2D eigenvalue weighted by atomic mass is 79.9. The second kappa shape index (κ2) is 3.46. The second-order valence-electron chi connectivity index (χ2n) is 2.97. The monoisotopic (exact) mass is 240 g/mol. The molecule has 0 radical (unpaired) electrons. The lowest BCUT2D eigenvalue weighted by Crippen LogP contribution is -2.15. The molecule has 1 aliphatic heterocycles. The van der Waals surface area contributed by atoms with Crippen molar-refractivity contribution in [3.05, 3.63) is 23.9 Å². The first-order chi connectivity index (χ1) is 6.33. The Morgan fingerprint density at radius 1 is 1.77 bits per heavy atom. The van der Waals surface area contributed by atoms with Gasteiger partial charge in [0.15, 0.2) is 5.78 Å². The van der Waals surface area contributed by atoms with Crippen LogP contribution in [-0.2, 0) is 4.79 Å². The van der Waals surface area contributed by atoms with Gasteiger partial charge in [0.2, 0.25) is 0 Å². The molecule has 0 saturated carbocycles. The van der Waals surface area contributed by atoms with Crippen molar-refractivity contribution in [1.29, 1.82) is 0 Å². The standard InChI is InChI=1S/C9H9BrN2O/c10-4-8(13)7-5-12-9-6(7)2-1-3-11-9/h1-3,7H,4-5H2,(H,11,12). The minimum absolute atomic E-state index is 0.0249. The zero-order valence-corrected chi connectivity index (χ0v) is 8.54. The molecule has 0 bridgehead atoms. The lowest BCUT2D eigenvalue weighted by atomic mass is 10.00. The van der Waals surface area contributed by atoms with Gasteiger partial charge in [0.25, 0.3) is 0 Å². The lowest BCUT2D eigenvalue weighted by Gasteiger charge is -2.04. The van der Waals surface area contributed by atoms with E-state index in [2.05, 4.69) is 26.2 Å². The van der Waals surface area contributed by atoms with Crippen LogP contribution in [0.15, 0.2) is 18.3 Å². The van der Waals surface area contributed by atoms with Gasteiger partial charge in [-0.1, -0.05) is 22.0 Å². The molecule has 1 aromatic heterocycles. The van der Waals surface area contributed by atoms with Crippen molar-refractivity contribution in [3.8, 4) is 0 Å². The summed E-state index contributed by atoms with van der Waals surface area (Å²) in [6, 6.07) is 3.81. The number of ketones is 1. The van der Waals surface area contributed by atoms with E-state index >= 15 is 0 Å². The summed E-state index contributed by atoms with van der Waals surface area (Å²) in [7, 11) is 0. The quantitative estimate of drug-likeness (QED) is 0.799. The summed E-state index contributed by atoms with van der Waals surface area (Å²) in [5.41, 5.74) is 1.02. The average molecular weight is 241 g/mol. The molecule has 0 saturated heterocycles. The molecule has 3 nitrogen and oxygen atoms in total. The number of aromatic nitrogens is 1. The largest absolute Gasteiger partial charge is 0.369 e. The Hall–Kier alpha value is -0.900. The van der Waals surface area contributed by atoms with Gasteiger partial charge < -0.3 is 5.32 Å². The molecule has 1 aromatic rings. The maximum absolute atomic E-state index is 11.5. The van der Waals surface area contributed by atoms with Gasteiger partial charge in [-0.05, 0) is 6.07 Å². The van der Waals surface area contributed by atoms with Crippen molar-refractivity contribution in [2.45, 2.75) is 5.92 Å². The van der Waals surface area contributed by atoms with Gasteiger partial charge in [-0.2, -0.15) is 0 Å². The van der Waals surface area contributed by atoms with Crippen LogP contribution >= 0.6 is 15.9 Å². The highest BCUT2D eigenvalue weighted by molar-refractivity contribution is 9.09. The number of nitrogens with one attached hydrogen (secondary N) is 1. The third kappa shape index (κ3) is 1.46. The van der Waals surface area contributed by atoms with E-state index in [0.717, 1.165) is 11.4 Å². The molecule has 2 rings (SSSR count). The Kier molecular flexibility index (Phi) is 2.31. The van der Waals surface area contributed by atoms with Crippen LogP contribution in [0.4, 0.5) is 5.82 Å². The van der Waals surface area contributed by atoms with E-state index in [9.17, 15) is 4.79 Å². The number of fused-ring (bicyclic) bond motifs is 1. The number of Topliss-reactive ketones (excluding diaryl/α,β-unsaturated/α-hetero) is 1. The molecule has 0 aromatic carbocycles. The van der Waals surface area contributed by atoms with Crippen LogP contribution in [0, 0.1) is 0 Å². The Bertz CT molecular complexity index is 340. The van der Waals surface area contributed by atoms with Crippen LogP contribution < -0.4 is 5.32 Å². The van der Waals surface area contributed by atoms with Crippen LogP contribution in [0.2, 0.25) is 0 Å². The molecular formula is C9H9BrN2O. The minimum atomic E-state index is -0.0249. The molecule has 1 N–H and O–H groups in total. The molecule has 1 unspecified atom stereocenters. The van der Waals surface area contributed by atoms with Crippen LogP contribution in [0.25, 0.3) is 0 Å². The number of anilines is 1. The molecule has 0 amide bonds. The minimum Gasteiger partial charge on any atom is -0.369 e. The van der Waals surface area contributed by atoms with Gasteiger partial charge >= 0.3 is 0 Å². The number of alkyl halides is 1. The van der Waals surface area contributed by atoms with Gasteiger partial charge in [0.1, 0.15) is 5.82 Å². The zero-order valence-electron chi connectivity index (χ0n) is 6.96. The number of hydrogen-bond acceptors (Lipinski definition) is 3. The third-order valence-electron chi connectivity index (χ3n) is 2.21. The molecule has 68 valence electrons. The summed E-state index contributed by atoms with van der Waals surface area (Å²) in [5.74, 6) is 1.03. The van der Waals surface area contributed by atoms with Gasteiger partial charge in [0, 0.05) is 18.3 Å². The van der Waals surface area contributed by atoms with Gasteiger partial charge in [-0.25, -0.2) is 4.98 Å². The summed E-state index contributed by atoms with van der Waals surface area (Å²) in [5, 5.41) is 3.52. The number of carbonyl (C=O) groups is 1. The van der Waals surface area contributed by atoms with E-state index in [1.807, 2.05) is 12.1 Å². The van der Waals surface area contributed by atoms with E-state index in [0.29, 0.717) is 11.9 Å². The van der Waals surface area contributed by atoms with Crippen LogP contribution in [-0.4, -0.2) is 22.6 Å². The van der Waals surface area contributed by atoms with Crippen molar-refractivity contribution in [1.82, 2.24) is 4.98 Å². The van der Waals surface area contributed by atoms with Crippen molar-refractivity contribution in [3.63, 3.8) is 0 Å². The van der Waals surface area contributed by atoms with Crippen LogP contribution in [0.3, 0.4) is 0 Å². The summed E-state index contributed by atoms with van der Waals surface area (Å²) in [4.78, 5) is 15.6. The smallest absolute Gasteiger partial charge is 0.152 e. The molecule has 1 aliphatic rings. The average Bonchev–Trinajstić information content (AvgIpc) is 2.60. The molecule has 1 atom stereocenters. The summed E-state index contributed by atoms with van der Waals surface area (Å²) in [6.45, 7) is 0.677. The van der Waals surface area contributed by atoms with Crippen molar-refractivity contribution in [2.75, 3.05) is 17.2 Å². The predicted molar refractivity (Wildman–Crippen MR) is 54.3 cm³/mol. The fraction of sp³-hybridized carbons (Fsp3) is 0.333. The summed E-state index contributed by atoms with van der Waals surface area (Å²) < 4.78 is 0. The Morgan fingerprint density at radius 3 is 3.38 bits per heavy atom. The number of carbonyl (C=O) groups excluding carboxylic acids is 1. The summed E-state index contributed by atoms with van der Waals surface area (Å²) >= 11 is 3.18. The Labute approximate surface area is 84.7 Å². The first kappa shape index (κ1) is 8.69. The number of nitrogens with zero attached hydrogens (tertiary/aromatic N) is 1. The highest BCUT2D eigenvalue weighted by Crippen LogP contribution is 2.29. The second-order valence-corrected chi connectivity index (χ2v) is 3.54. The summed E-state index contributed by atoms with van der Waals surface area (Å²) in [6.07, 6.45) is 1.73. The number of pyridine rings is 1. The fourth-order valence-electron chi connectivity index (χ4n) is 1.54. The zero-order chi connectivity index (χ0) is 9.26. The number of halogens is 1. The molecule has 0 aliphatic carbocycles. The van der Waals surface area contributed by atoms with E-state index in [-0.39, 0.29) is 11.7 Å². The third-order valence-corrected chi connectivity index (χ3v) is 2.76. The number of rotatable bonds is 2. The van der Waals surface area contributed by atoms with E-state index in [4.69, 9.17) is 0 Å². The molecule has 13 heavy (non-hydrogen) atoms. The van der Waals surface area contributed by atoms with Crippen molar-refractivity contribution in [2.24, 2.45) is 0 Å². The Balaban J connectivity index is 2.33. The van der Waals surface area contributed by atoms with Crippen LogP contribution in [0.1, 0.15) is 11.5 Å². The lowest BCUT2D eigenvalue weighted by molar-refractivity contribution is -0.117.